The highest BCUT2D eigenvalue weighted by Gasteiger charge is 2.24. The van der Waals surface area contributed by atoms with E-state index in [1.807, 2.05) is 4.68 Å². The minimum atomic E-state index is 0. The van der Waals surface area contributed by atoms with Crippen LogP contribution in [0.1, 0.15) is 12.8 Å². The molecule has 2 aliphatic heterocycles. The molecule has 0 amide bonds. The minimum absolute atomic E-state index is 0. The summed E-state index contributed by atoms with van der Waals surface area (Å²) in [5.74, 6) is 0.805. The van der Waals surface area contributed by atoms with Crippen molar-refractivity contribution in [2.24, 2.45) is 5.92 Å². The number of piperidine rings is 1. The fraction of sp³-hybridized carbons (Fsp3) is 0.846. The van der Waals surface area contributed by atoms with Gasteiger partial charge >= 0.3 is 0 Å². The fourth-order valence-electron chi connectivity index (χ4n) is 3.04. The van der Waals surface area contributed by atoms with Crippen molar-refractivity contribution in [3.8, 4) is 0 Å². The largest absolute Gasteiger partial charge is 0.374 e. The Balaban J connectivity index is 0.00000147. The molecule has 20 heavy (non-hydrogen) atoms. The molecule has 0 saturated carbocycles. The van der Waals surface area contributed by atoms with Crippen molar-refractivity contribution in [2.45, 2.75) is 25.5 Å². The molecule has 0 bridgehead atoms. The van der Waals surface area contributed by atoms with Gasteiger partial charge < -0.3 is 10.1 Å². The first-order valence-electron chi connectivity index (χ1n) is 7.27. The van der Waals surface area contributed by atoms with E-state index in [0.29, 0.717) is 0 Å². The highest BCUT2D eigenvalue weighted by molar-refractivity contribution is 5.85. The van der Waals surface area contributed by atoms with E-state index in [-0.39, 0.29) is 18.5 Å². The second-order valence-corrected chi connectivity index (χ2v) is 5.58. The molecule has 0 radical (unpaired) electrons. The summed E-state index contributed by atoms with van der Waals surface area (Å²) in [6, 6.07) is 0. The molecular formula is C13H24ClN5O. The number of nitrogens with one attached hydrogen (secondary N) is 1. The minimum Gasteiger partial charge on any atom is -0.374 e. The molecule has 6 nitrogen and oxygen atoms in total. The van der Waals surface area contributed by atoms with E-state index in [1.54, 1.807) is 12.7 Å². The van der Waals surface area contributed by atoms with Crippen molar-refractivity contribution in [3.05, 3.63) is 12.7 Å². The lowest BCUT2D eigenvalue weighted by Crippen LogP contribution is -2.47. The average molecular weight is 302 g/mol. The molecule has 0 aromatic carbocycles. The third kappa shape index (κ3) is 4.41. The predicted molar refractivity (Wildman–Crippen MR) is 79.0 cm³/mol. The topological polar surface area (TPSA) is 55.2 Å². The van der Waals surface area contributed by atoms with E-state index in [9.17, 15) is 0 Å². The third-order valence-corrected chi connectivity index (χ3v) is 4.00. The Morgan fingerprint density at radius 1 is 1.35 bits per heavy atom. The maximum Gasteiger partial charge on any atom is 0.137 e. The van der Waals surface area contributed by atoms with Gasteiger partial charge in [0.15, 0.2) is 0 Å². The molecule has 2 unspecified atom stereocenters. The smallest absolute Gasteiger partial charge is 0.137 e. The van der Waals surface area contributed by atoms with Gasteiger partial charge in [-0.1, -0.05) is 0 Å². The van der Waals surface area contributed by atoms with Crippen molar-refractivity contribution >= 4 is 12.4 Å². The van der Waals surface area contributed by atoms with E-state index in [1.165, 1.54) is 32.5 Å². The lowest BCUT2D eigenvalue weighted by atomic mass is 9.99. The van der Waals surface area contributed by atoms with Crippen LogP contribution in [0, 0.1) is 5.92 Å². The van der Waals surface area contributed by atoms with Crippen LogP contribution in [0.5, 0.6) is 0 Å². The highest BCUT2D eigenvalue weighted by atomic mass is 35.5. The molecule has 0 aliphatic carbocycles. The van der Waals surface area contributed by atoms with Crippen molar-refractivity contribution < 1.29 is 4.74 Å². The number of ether oxygens (including phenoxy) is 1. The van der Waals surface area contributed by atoms with Gasteiger partial charge in [0.05, 0.1) is 19.3 Å². The Morgan fingerprint density at radius 2 is 2.30 bits per heavy atom. The van der Waals surface area contributed by atoms with Crippen LogP contribution in [0.2, 0.25) is 0 Å². The maximum atomic E-state index is 5.82. The molecule has 1 aromatic rings. The summed E-state index contributed by atoms with van der Waals surface area (Å²) in [7, 11) is 0. The Kier molecular flexibility index (Phi) is 6.22. The van der Waals surface area contributed by atoms with Crippen LogP contribution in [0.4, 0.5) is 0 Å². The van der Waals surface area contributed by atoms with Crippen LogP contribution in [-0.4, -0.2) is 65.1 Å². The Morgan fingerprint density at radius 3 is 3.05 bits per heavy atom. The monoisotopic (exact) mass is 301 g/mol. The molecule has 2 saturated heterocycles. The highest BCUT2D eigenvalue weighted by Crippen LogP contribution is 2.14. The maximum absolute atomic E-state index is 5.82. The molecule has 1 N–H and O–H groups in total. The first-order chi connectivity index (χ1) is 9.40. The number of rotatable bonds is 4. The third-order valence-electron chi connectivity index (χ3n) is 4.00. The second-order valence-electron chi connectivity index (χ2n) is 5.58. The van der Waals surface area contributed by atoms with Gasteiger partial charge in [-0.25, -0.2) is 4.98 Å². The first-order valence-corrected chi connectivity index (χ1v) is 7.27. The zero-order chi connectivity index (χ0) is 12.9. The van der Waals surface area contributed by atoms with Gasteiger partial charge in [-0.3, -0.25) is 9.58 Å². The molecule has 2 fully saturated rings. The SMILES string of the molecule is Cl.c1ncn(CC2CN(CC3CCCNC3)CCO2)n1. The standard InChI is InChI=1S/C13H23N5O.ClH/c1-2-12(6-14-3-1)7-17-4-5-19-13(8-17)9-18-11-15-10-16-18;/h10-14H,1-9H2;1H. The Labute approximate surface area is 126 Å². The van der Waals surface area contributed by atoms with Crippen LogP contribution in [0.3, 0.4) is 0 Å². The summed E-state index contributed by atoms with van der Waals surface area (Å²) in [5.41, 5.74) is 0. The van der Waals surface area contributed by atoms with Gasteiger partial charge in [-0.15, -0.1) is 12.4 Å². The summed E-state index contributed by atoms with van der Waals surface area (Å²) < 4.78 is 7.68. The molecule has 114 valence electrons. The molecule has 2 aliphatic rings. The zero-order valence-corrected chi connectivity index (χ0v) is 12.6. The number of nitrogens with zero attached hydrogens (tertiary/aromatic N) is 4. The van der Waals surface area contributed by atoms with Crippen LogP contribution >= 0.6 is 12.4 Å². The molecule has 3 heterocycles. The molecule has 3 rings (SSSR count). The average Bonchev–Trinajstić information content (AvgIpc) is 2.93. The quantitative estimate of drug-likeness (QED) is 0.872. The first kappa shape index (κ1) is 15.7. The van der Waals surface area contributed by atoms with Crippen LogP contribution in [-0.2, 0) is 11.3 Å². The fourth-order valence-corrected chi connectivity index (χ4v) is 3.04. The summed E-state index contributed by atoms with van der Waals surface area (Å²) >= 11 is 0. The summed E-state index contributed by atoms with van der Waals surface area (Å²) in [6.45, 7) is 7.27. The lowest BCUT2D eigenvalue weighted by Gasteiger charge is -2.36. The van der Waals surface area contributed by atoms with Gasteiger partial charge in [0, 0.05) is 19.6 Å². The van der Waals surface area contributed by atoms with Crippen LogP contribution in [0.15, 0.2) is 12.7 Å². The Bertz CT molecular complexity index is 369. The number of aromatic nitrogens is 3. The predicted octanol–water partition coefficient (Wildman–Crippen LogP) is 0.400. The van der Waals surface area contributed by atoms with Gasteiger partial charge in [0.1, 0.15) is 12.7 Å². The summed E-state index contributed by atoms with van der Waals surface area (Å²) in [5, 5.41) is 7.64. The van der Waals surface area contributed by atoms with E-state index in [4.69, 9.17) is 4.74 Å². The normalized spacial score (nSPS) is 28.0. The number of hydrogen-bond donors (Lipinski definition) is 1. The summed E-state index contributed by atoms with van der Waals surface area (Å²) in [4.78, 5) is 6.52. The van der Waals surface area contributed by atoms with E-state index < -0.39 is 0 Å². The van der Waals surface area contributed by atoms with Gasteiger partial charge in [-0.05, 0) is 31.8 Å². The van der Waals surface area contributed by atoms with Crippen molar-refractivity contribution in [3.63, 3.8) is 0 Å². The van der Waals surface area contributed by atoms with Crippen molar-refractivity contribution in [1.29, 1.82) is 0 Å². The number of morpholine rings is 1. The molecule has 0 spiro atoms. The van der Waals surface area contributed by atoms with Gasteiger partial charge in [-0.2, -0.15) is 5.10 Å². The summed E-state index contributed by atoms with van der Waals surface area (Å²) in [6.07, 6.45) is 6.25. The Hall–Kier alpha value is -0.690. The molecule has 7 heteroatoms. The number of halogens is 1. The van der Waals surface area contributed by atoms with E-state index in [0.717, 1.165) is 32.2 Å². The van der Waals surface area contributed by atoms with E-state index >= 15 is 0 Å². The van der Waals surface area contributed by atoms with Crippen molar-refractivity contribution in [2.75, 3.05) is 39.3 Å². The van der Waals surface area contributed by atoms with Crippen LogP contribution < -0.4 is 5.32 Å². The van der Waals surface area contributed by atoms with Crippen molar-refractivity contribution in [1.82, 2.24) is 25.0 Å². The van der Waals surface area contributed by atoms with E-state index in [2.05, 4.69) is 20.3 Å². The molecular weight excluding hydrogens is 278 g/mol. The van der Waals surface area contributed by atoms with Crippen LogP contribution in [0.25, 0.3) is 0 Å². The lowest BCUT2D eigenvalue weighted by molar-refractivity contribution is -0.0424. The second kappa shape index (κ2) is 7.93. The zero-order valence-electron chi connectivity index (χ0n) is 11.8. The number of hydrogen-bond acceptors (Lipinski definition) is 5. The molecule has 2 atom stereocenters. The van der Waals surface area contributed by atoms with Gasteiger partial charge in [0.2, 0.25) is 0 Å². The van der Waals surface area contributed by atoms with Gasteiger partial charge in [0.25, 0.3) is 0 Å². The molecule has 1 aromatic heterocycles.